The highest BCUT2D eigenvalue weighted by Crippen LogP contribution is 2.34. The summed E-state index contributed by atoms with van der Waals surface area (Å²) in [7, 11) is -2.49. The molecule has 3 rings (SSSR count). The van der Waals surface area contributed by atoms with Crippen LogP contribution in [0.15, 0.2) is 46.9 Å². The number of benzene rings is 2. The summed E-state index contributed by atoms with van der Waals surface area (Å²) in [5, 5.41) is 0. The Labute approximate surface area is 148 Å². The lowest BCUT2D eigenvalue weighted by atomic mass is 9.96. The third-order valence-electron chi connectivity index (χ3n) is 3.68. The Hall–Kier alpha value is -1.99. The van der Waals surface area contributed by atoms with Gasteiger partial charge in [-0.3, -0.25) is 0 Å². The second-order valence-electron chi connectivity index (χ2n) is 5.25. The number of thiol groups is 1. The van der Waals surface area contributed by atoms with E-state index in [0.29, 0.717) is 26.7 Å². The molecule has 2 aromatic rings. The van der Waals surface area contributed by atoms with Crippen molar-refractivity contribution in [2.75, 3.05) is 6.61 Å². The lowest BCUT2D eigenvalue weighted by Gasteiger charge is -2.06. The Bertz CT molecular complexity index is 909. The first kappa shape index (κ1) is 16.9. The Morgan fingerprint density at radius 2 is 1.75 bits per heavy atom. The summed E-state index contributed by atoms with van der Waals surface area (Å²) in [6.45, 7) is 0.0982. The van der Waals surface area contributed by atoms with Crippen molar-refractivity contribution in [2.24, 2.45) is 0 Å². The van der Waals surface area contributed by atoms with Crippen LogP contribution < -0.4 is 0 Å². The molecule has 1 heterocycles. The molecule has 124 valence electrons. The molecule has 7 heteroatoms. The first-order chi connectivity index (χ1) is 11.5. The molecule has 0 spiro atoms. The molecule has 1 aliphatic heterocycles. The van der Waals surface area contributed by atoms with E-state index >= 15 is 0 Å². The molecule has 0 unspecified atom stereocenters. The van der Waals surface area contributed by atoms with Gasteiger partial charge >= 0.3 is 5.97 Å². The van der Waals surface area contributed by atoms with Crippen molar-refractivity contribution >= 4 is 43.7 Å². The van der Waals surface area contributed by atoms with E-state index in [9.17, 15) is 17.6 Å². The summed E-state index contributed by atoms with van der Waals surface area (Å²) < 4.78 is 40.8. The topological polar surface area (TPSA) is 60.4 Å². The van der Waals surface area contributed by atoms with Gasteiger partial charge in [-0.2, -0.15) is 0 Å². The number of cyclic esters (lactones) is 1. The SMILES string of the molecule is O=C1OCC(c2ccc(C[SH](=O)=O)cc2)=C1c1ccc(Br)c(F)c1. The summed E-state index contributed by atoms with van der Waals surface area (Å²) in [4.78, 5) is 12.1. The number of carbonyl (C=O) groups excluding carboxylic acids is 1. The van der Waals surface area contributed by atoms with E-state index in [2.05, 4.69) is 15.9 Å². The van der Waals surface area contributed by atoms with Crippen molar-refractivity contribution in [2.45, 2.75) is 5.75 Å². The molecule has 0 radical (unpaired) electrons. The third kappa shape index (κ3) is 3.42. The number of hydrogen-bond acceptors (Lipinski definition) is 4. The fourth-order valence-corrected chi connectivity index (χ4v) is 3.29. The van der Waals surface area contributed by atoms with Gasteiger partial charge in [0, 0.05) is 5.57 Å². The minimum atomic E-state index is -2.49. The van der Waals surface area contributed by atoms with Crippen LogP contribution in [0.25, 0.3) is 11.1 Å². The predicted octanol–water partition coefficient (Wildman–Crippen LogP) is 3.17. The van der Waals surface area contributed by atoms with E-state index in [-0.39, 0.29) is 12.4 Å². The van der Waals surface area contributed by atoms with E-state index in [1.807, 2.05) is 0 Å². The first-order valence-corrected chi connectivity index (χ1v) is 9.18. The maximum absolute atomic E-state index is 13.8. The largest absolute Gasteiger partial charge is 0.457 e. The van der Waals surface area contributed by atoms with Gasteiger partial charge in [-0.05, 0) is 44.8 Å². The summed E-state index contributed by atoms with van der Waals surface area (Å²) >= 11 is 3.08. The van der Waals surface area contributed by atoms with Crippen LogP contribution in [0, 0.1) is 5.82 Å². The molecule has 24 heavy (non-hydrogen) atoms. The number of carbonyl (C=O) groups is 1. The van der Waals surface area contributed by atoms with Crippen molar-refractivity contribution < 1.29 is 22.3 Å². The van der Waals surface area contributed by atoms with Gasteiger partial charge in [-0.25, -0.2) is 17.6 Å². The van der Waals surface area contributed by atoms with Crippen LogP contribution in [0.4, 0.5) is 4.39 Å². The van der Waals surface area contributed by atoms with Crippen LogP contribution >= 0.6 is 15.9 Å². The second-order valence-corrected chi connectivity index (χ2v) is 7.08. The van der Waals surface area contributed by atoms with Crippen molar-refractivity contribution in [3.05, 3.63) is 69.4 Å². The van der Waals surface area contributed by atoms with Crippen LogP contribution in [0.1, 0.15) is 16.7 Å². The summed E-state index contributed by atoms with van der Waals surface area (Å²) in [6.07, 6.45) is 0. The van der Waals surface area contributed by atoms with Crippen LogP contribution in [0.2, 0.25) is 0 Å². The Kier molecular flexibility index (Phi) is 4.82. The fraction of sp³-hybridized carbons (Fsp3) is 0.118. The average molecular weight is 411 g/mol. The molecule has 0 aromatic heterocycles. The van der Waals surface area contributed by atoms with Crippen LogP contribution in [0.5, 0.6) is 0 Å². The zero-order chi connectivity index (χ0) is 17.3. The maximum atomic E-state index is 13.8. The van der Waals surface area contributed by atoms with E-state index < -0.39 is 22.5 Å². The molecule has 0 N–H and O–H groups in total. The maximum Gasteiger partial charge on any atom is 0.339 e. The molecule has 0 amide bonds. The monoisotopic (exact) mass is 410 g/mol. The number of ether oxygens (including phenoxy) is 1. The van der Waals surface area contributed by atoms with E-state index in [1.165, 1.54) is 12.1 Å². The smallest absolute Gasteiger partial charge is 0.339 e. The zero-order valence-corrected chi connectivity index (χ0v) is 14.8. The fourth-order valence-electron chi connectivity index (χ4n) is 2.54. The van der Waals surface area contributed by atoms with E-state index in [4.69, 9.17) is 4.74 Å². The van der Waals surface area contributed by atoms with Crippen molar-refractivity contribution in [1.82, 2.24) is 0 Å². The van der Waals surface area contributed by atoms with Crippen LogP contribution in [-0.4, -0.2) is 21.0 Å². The number of halogens is 2. The van der Waals surface area contributed by atoms with Gasteiger partial charge in [0.2, 0.25) is 0 Å². The molecular formula is C17H12BrFO4S. The molecule has 4 nitrogen and oxygen atoms in total. The number of hydrogen-bond donors (Lipinski definition) is 1. The lowest BCUT2D eigenvalue weighted by Crippen LogP contribution is -1.99. The standard InChI is InChI=1S/C17H12BrFO4S/c18-14-6-5-12(7-15(14)19)16-13(8-23-17(16)20)11-3-1-10(2-4-11)9-24(21)22/h1-7,24H,8-9H2. The number of rotatable bonds is 4. The second kappa shape index (κ2) is 6.86. The highest BCUT2D eigenvalue weighted by atomic mass is 79.9. The molecule has 2 aromatic carbocycles. The van der Waals surface area contributed by atoms with Crippen LogP contribution in [0.3, 0.4) is 0 Å². The molecule has 1 aliphatic rings. The molecule has 0 aliphatic carbocycles. The Balaban J connectivity index is 2.04. The molecular weight excluding hydrogens is 399 g/mol. The van der Waals surface area contributed by atoms with Gasteiger partial charge in [0.25, 0.3) is 0 Å². The van der Waals surface area contributed by atoms with Gasteiger partial charge < -0.3 is 4.74 Å². The molecule has 0 saturated heterocycles. The minimum absolute atomic E-state index is 0.0329. The Morgan fingerprint density at radius 3 is 2.38 bits per heavy atom. The molecule has 0 atom stereocenters. The van der Waals surface area contributed by atoms with Gasteiger partial charge in [-0.1, -0.05) is 30.3 Å². The Morgan fingerprint density at radius 1 is 1.08 bits per heavy atom. The van der Waals surface area contributed by atoms with Gasteiger partial charge in [0.05, 0.1) is 15.8 Å². The molecule has 0 saturated carbocycles. The quantitative estimate of drug-likeness (QED) is 0.621. The average Bonchev–Trinajstić information content (AvgIpc) is 2.92. The lowest BCUT2D eigenvalue weighted by molar-refractivity contribution is -0.133. The zero-order valence-electron chi connectivity index (χ0n) is 12.3. The first-order valence-electron chi connectivity index (χ1n) is 7.02. The molecule has 0 fully saturated rings. The highest BCUT2D eigenvalue weighted by molar-refractivity contribution is 9.10. The number of esters is 1. The third-order valence-corrected chi connectivity index (χ3v) is 4.94. The van der Waals surface area contributed by atoms with E-state index in [1.54, 1.807) is 30.3 Å². The predicted molar refractivity (Wildman–Crippen MR) is 92.3 cm³/mol. The van der Waals surface area contributed by atoms with Crippen molar-refractivity contribution in [3.8, 4) is 0 Å². The highest BCUT2D eigenvalue weighted by Gasteiger charge is 2.27. The summed E-state index contributed by atoms with van der Waals surface area (Å²) in [6, 6.07) is 11.3. The normalized spacial score (nSPS) is 14.4. The summed E-state index contributed by atoms with van der Waals surface area (Å²) in [5.41, 5.74) is 2.82. The van der Waals surface area contributed by atoms with Crippen molar-refractivity contribution in [1.29, 1.82) is 0 Å². The van der Waals surface area contributed by atoms with Gasteiger partial charge in [0.15, 0.2) is 0 Å². The van der Waals surface area contributed by atoms with E-state index in [0.717, 1.165) is 5.56 Å². The summed E-state index contributed by atoms with van der Waals surface area (Å²) in [5.74, 6) is -0.999. The van der Waals surface area contributed by atoms with Gasteiger partial charge in [-0.15, -0.1) is 0 Å². The minimum Gasteiger partial charge on any atom is -0.457 e. The van der Waals surface area contributed by atoms with Gasteiger partial charge in [0.1, 0.15) is 23.1 Å². The van der Waals surface area contributed by atoms with Crippen molar-refractivity contribution in [3.63, 3.8) is 0 Å². The van der Waals surface area contributed by atoms with Crippen LogP contribution in [-0.2, 0) is 26.0 Å². The molecule has 0 bridgehead atoms.